The molecule has 1 aromatic carbocycles. The van der Waals surface area contributed by atoms with Gasteiger partial charge < -0.3 is 5.32 Å². The molecule has 0 saturated carbocycles. The molecule has 0 fully saturated rings. The van der Waals surface area contributed by atoms with Crippen LogP contribution in [0.1, 0.15) is 19.4 Å². The second-order valence-corrected chi connectivity index (χ2v) is 3.65. The summed E-state index contributed by atoms with van der Waals surface area (Å²) in [6.45, 7) is 9.29. The van der Waals surface area contributed by atoms with Crippen LogP contribution in [0.5, 0.6) is 0 Å². The van der Waals surface area contributed by atoms with Gasteiger partial charge in [0, 0.05) is 12.2 Å². The van der Waals surface area contributed by atoms with E-state index < -0.39 is 0 Å². The monoisotopic (exact) mass is 189 g/mol. The standard InChI is InChI=1S/C13H19N/c1-4-14-12(3)11(2)10-13-8-6-5-7-9-13/h5-9,11,14H,3-4,10H2,1-2H3. The Balaban J connectivity index is 2.49. The highest BCUT2D eigenvalue weighted by Crippen LogP contribution is 2.12. The average molecular weight is 189 g/mol. The minimum absolute atomic E-state index is 0.498. The van der Waals surface area contributed by atoms with Crippen molar-refractivity contribution in [2.75, 3.05) is 6.54 Å². The van der Waals surface area contributed by atoms with Crippen molar-refractivity contribution in [2.45, 2.75) is 20.3 Å². The minimum atomic E-state index is 0.498. The number of rotatable bonds is 5. The normalized spacial score (nSPS) is 12.1. The number of nitrogens with one attached hydrogen (secondary N) is 1. The molecule has 0 aliphatic rings. The smallest absolute Gasteiger partial charge is 0.0115 e. The molecular weight excluding hydrogens is 170 g/mol. The zero-order chi connectivity index (χ0) is 10.4. The molecular formula is C13H19N. The van der Waals surface area contributed by atoms with Crippen LogP contribution in [0, 0.1) is 5.92 Å². The highest BCUT2D eigenvalue weighted by molar-refractivity contribution is 5.17. The first kappa shape index (κ1) is 10.8. The van der Waals surface area contributed by atoms with Crippen molar-refractivity contribution in [1.82, 2.24) is 5.32 Å². The van der Waals surface area contributed by atoms with Crippen LogP contribution in [-0.4, -0.2) is 6.54 Å². The average Bonchev–Trinajstić information content (AvgIpc) is 2.19. The van der Waals surface area contributed by atoms with Crippen molar-refractivity contribution in [1.29, 1.82) is 0 Å². The van der Waals surface area contributed by atoms with E-state index in [1.807, 2.05) is 6.07 Å². The Labute approximate surface area is 86.8 Å². The maximum atomic E-state index is 4.03. The van der Waals surface area contributed by atoms with Gasteiger partial charge in [0.1, 0.15) is 0 Å². The van der Waals surface area contributed by atoms with Crippen molar-refractivity contribution in [2.24, 2.45) is 5.92 Å². The molecule has 0 aliphatic heterocycles. The largest absolute Gasteiger partial charge is 0.389 e. The molecule has 0 amide bonds. The summed E-state index contributed by atoms with van der Waals surface area (Å²) in [5.74, 6) is 0.498. The number of hydrogen-bond acceptors (Lipinski definition) is 1. The molecule has 76 valence electrons. The lowest BCUT2D eigenvalue weighted by atomic mass is 9.99. The molecule has 0 bridgehead atoms. The van der Waals surface area contributed by atoms with Gasteiger partial charge in [0.15, 0.2) is 0 Å². The van der Waals surface area contributed by atoms with Gasteiger partial charge in [-0.1, -0.05) is 43.8 Å². The van der Waals surface area contributed by atoms with Crippen LogP contribution in [0.25, 0.3) is 0 Å². The zero-order valence-electron chi connectivity index (χ0n) is 9.09. The lowest BCUT2D eigenvalue weighted by molar-refractivity contribution is 0.614. The van der Waals surface area contributed by atoms with E-state index in [1.54, 1.807) is 0 Å². The van der Waals surface area contributed by atoms with E-state index in [0.717, 1.165) is 18.7 Å². The quantitative estimate of drug-likeness (QED) is 0.751. The molecule has 14 heavy (non-hydrogen) atoms. The van der Waals surface area contributed by atoms with E-state index in [-0.39, 0.29) is 0 Å². The molecule has 1 unspecified atom stereocenters. The van der Waals surface area contributed by atoms with Crippen molar-refractivity contribution >= 4 is 0 Å². The van der Waals surface area contributed by atoms with Crippen LogP contribution in [0.3, 0.4) is 0 Å². The fourth-order valence-corrected chi connectivity index (χ4v) is 1.49. The molecule has 1 atom stereocenters. The van der Waals surface area contributed by atoms with Gasteiger partial charge in [-0.25, -0.2) is 0 Å². The van der Waals surface area contributed by atoms with E-state index in [2.05, 4.69) is 50.0 Å². The molecule has 0 aliphatic carbocycles. The van der Waals surface area contributed by atoms with Gasteiger partial charge in [0.25, 0.3) is 0 Å². The minimum Gasteiger partial charge on any atom is -0.389 e. The molecule has 1 N–H and O–H groups in total. The topological polar surface area (TPSA) is 12.0 Å². The van der Waals surface area contributed by atoms with Gasteiger partial charge >= 0.3 is 0 Å². The molecule has 0 spiro atoms. The predicted octanol–water partition coefficient (Wildman–Crippen LogP) is 2.99. The van der Waals surface area contributed by atoms with Gasteiger partial charge in [-0.05, 0) is 24.8 Å². The number of benzene rings is 1. The van der Waals surface area contributed by atoms with E-state index in [1.165, 1.54) is 5.56 Å². The van der Waals surface area contributed by atoms with Crippen molar-refractivity contribution in [3.8, 4) is 0 Å². The Morgan fingerprint density at radius 3 is 2.57 bits per heavy atom. The van der Waals surface area contributed by atoms with Gasteiger partial charge in [-0.2, -0.15) is 0 Å². The van der Waals surface area contributed by atoms with Crippen LogP contribution >= 0.6 is 0 Å². The highest BCUT2D eigenvalue weighted by Gasteiger charge is 2.05. The summed E-state index contributed by atoms with van der Waals surface area (Å²) in [7, 11) is 0. The molecule has 0 saturated heterocycles. The molecule has 0 aromatic heterocycles. The van der Waals surface area contributed by atoms with Crippen molar-refractivity contribution in [3.05, 3.63) is 48.2 Å². The van der Waals surface area contributed by atoms with E-state index in [0.29, 0.717) is 5.92 Å². The number of allylic oxidation sites excluding steroid dienone is 1. The third-order valence-corrected chi connectivity index (χ3v) is 2.38. The molecule has 1 heteroatoms. The maximum absolute atomic E-state index is 4.03. The Kier molecular flexibility index (Phi) is 4.24. The molecule has 0 heterocycles. The molecule has 0 radical (unpaired) electrons. The van der Waals surface area contributed by atoms with Gasteiger partial charge in [0.05, 0.1) is 0 Å². The van der Waals surface area contributed by atoms with E-state index in [4.69, 9.17) is 0 Å². The zero-order valence-corrected chi connectivity index (χ0v) is 9.09. The van der Waals surface area contributed by atoms with Crippen LogP contribution in [0.4, 0.5) is 0 Å². The fraction of sp³-hybridized carbons (Fsp3) is 0.385. The van der Waals surface area contributed by atoms with Gasteiger partial charge in [0.2, 0.25) is 0 Å². The first-order chi connectivity index (χ1) is 6.74. The Bertz CT molecular complexity index is 277. The Morgan fingerprint density at radius 1 is 1.36 bits per heavy atom. The second-order valence-electron chi connectivity index (χ2n) is 3.65. The second kappa shape index (κ2) is 5.48. The van der Waals surface area contributed by atoms with Crippen LogP contribution in [-0.2, 0) is 6.42 Å². The van der Waals surface area contributed by atoms with E-state index >= 15 is 0 Å². The third-order valence-electron chi connectivity index (χ3n) is 2.38. The summed E-state index contributed by atoms with van der Waals surface area (Å²) in [5, 5.41) is 3.27. The SMILES string of the molecule is C=C(NCC)C(C)Cc1ccccc1. The Hall–Kier alpha value is -1.24. The predicted molar refractivity (Wildman–Crippen MR) is 62.1 cm³/mol. The Morgan fingerprint density at radius 2 is 2.00 bits per heavy atom. The lowest BCUT2D eigenvalue weighted by Crippen LogP contribution is -2.18. The summed E-state index contributed by atoms with van der Waals surface area (Å²) in [4.78, 5) is 0. The van der Waals surface area contributed by atoms with Crippen LogP contribution in [0.2, 0.25) is 0 Å². The third kappa shape index (κ3) is 3.25. The summed E-state index contributed by atoms with van der Waals surface area (Å²) in [6.07, 6.45) is 1.06. The summed E-state index contributed by atoms with van der Waals surface area (Å²) < 4.78 is 0. The van der Waals surface area contributed by atoms with Gasteiger partial charge in [-0.15, -0.1) is 0 Å². The molecule has 1 rings (SSSR count). The fourth-order valence-electron chi connectivity index (χ4n) is 1.49. The first-order valence-electron chi connectivity index (χ1n) is 5.20. The lowest BCUT2D eigenvalue weighted by Gasteiger charge is -2.15. The van der Waals surface area contributed by atoms with Crippen molar-refractivity contribution < 1.29 is 0 Å². The summed E-state index contributed by atoms with van der Waals surface area (Å²) >= 11 is 0. The summed E-state index contributed by atoms with van der Waals surface area (Å²) in [6, 6.07) is 10.5. The molecule has 1 nitrogen and oxygen atoms in total. The summed E-state index contributed by atoms with van der Waals surface area (Å²) in [5.41, 5.74) is 2.51. The van der Waals surface area contributed by atoms with Crippen LogP contribution < -0.4 is 5.32 Å². The number of hydrogen-bond donors (Lipinski definition) is 1. The maximum Gasteiger partial charge on any atom is 0.0115 e. The highest BCUT2D eigenvalue weighted by atomic mass is 14.9. The molecule has 1 aromatic rings. The van der Waals surface area contributed by atoms with Gasteiger partial charge in [-0.3, -0.25) is 0 Å². The van der Waals surface area contributed by atoms with E-state index in [9.17, 15) is 0 Å². The van der Waals surface area contributed by atoms with Crippen molar-refractivity contribution in [3.63, 3.8) is 0 Å². The van der Waals surface area contributed by atoms with Crippen LogP contribution in [0.15, 0.2) is 42.6 Å². The first-order valence-corrected chi connectivity index (χ1v) is 5.20.